The van der Waals surface area contributed by atoms with E-state index in [1.54, 1.807) is 0 Å². The van der Waals surface area contributed by atoms with Crippen LogP contribution in [0.3, 0.4) is 0 Å². The molecule has 53 heavy (non-hydrogen) atoms. The van der Waals surface area contributed by atoms with E-state index in [4.69, 9.17) is 0 Å². The van der Waals surface area contributed by atoms with Gasteiger partial charge in [-0.05, 0) is 206 Å². The standard InChI is InChI=1S/C49H65NO3/c1-30-8-15-44-46(2,53)39-13-14-40-37(38(39)28-50(44)27-30)23-43-48(40)17-5-18-49(43)29-47(45(52)24-41(49)42(51)26-48)19-16-32(25-47)10-9-31-11-12-35-21-33-6-3-4-7-34(33)22-36(35)20-31/h3-4,6-7,11-12,20-22,30,32,37-45,51-53H,5,8-10,13-19,23-29H2,1-2H3. The molecule has 3 aromatic carbocycles. The Balaban J connectivity index is 0.853. The average molecular weight is 716 g/mol. The maximum Gasteiger partial charge on any atom is 0.0805 e. The summed E-state index contributed by atoms with van der Waals surface area (Å²) in [7, 11) is 0. The van der Waals surface area contributed by atoms with Crippen LogP contribution in [0, 0.1) is 63.6 Å². The average Bonchev–Trinajstić information content (AvgIpc) is 3.71. The smallest absolute Gasteiger partial charge is 0.0805 e. The number of hydrogen-bond acceptors (Lipinski definition) is 4. The molecule has 15 atom stereocenters. The van der Waals surface area contributed by atoms with Gasteiger partial charge in [0, 0.05) is 19.1 Å². The van der Waals surface area contributed by atoms with Gasteiger partial charge in [-0.2, -0.15) is 0 Å². The van der Waals surface area contributed by atoms with Crippen LogP contribution in [0.15, 0.2) is 54.6 Å². The molecule has 0 aromatic heterocycles. The highest BCUT2D eigenvalue weighted by Crippen LogP contribution is 2.78. The monoisotopic (exact) mass is 715 g/mol. The molecule has 6 aliphatic carbocycles. The number of aliphatic hydroxyl groups excluding tert-OH is 2. The van der Waals surface area contributed by atoms with Crippen LogP contribution in [0.25, 0.3) is 21.5 Å². The van der Waals surface area contributed by atoms with Crippen molar-refractivity contribution in [1.29, 1.82) is 0 Å². The molecule has 4 heteroatoms. The third-order valence-electron chi connectivity index (χ3n) is 19.1. The Bertz CT molecular complexity index is 1900. The molecule has 4 nitrogen and oxygen atoms in total. The van der Waals surface area contributed by atoms with Crippen LogP contribution in [0.4, 0.5) is 0 Å². The van der Waals surface area contributed by atoms with Gasteiger partial charge in [-0.3, -0.25) is 4.90 Å². The lowest BCUT2D eigenvalue weighted by atomic mass is 9.38. The third-order valence-corrected chi connectivity index (χ3v) is 19.1. The van der Waals surface area contributed by atoms with Gasteiger partial charge < -0.3 is 15.3 Å². The molecule has 2 saturated heterocycles. The van der Waals surface area contributed by atoms with E-state index >= 15 is 0 Å². The van der Waals surface area contributed by atoms with E-state index in [0.717, 1.165) is 44.6 Å². The van der Waals surface area contributed by atoms with E-state index < -0.39 is 5.60 Å². The first kappa shape index (κ1) is 34.3. The fraction of sp³-hybridized carbons (Fsp3) is 0.714. The van der Waals surface area contributed by atoms with Crippen molar-refractivity contribution in [2.45, 2.75) is 140 Å². The van der Waals surface area contributed by atoms with Crippen molar-refractivity contribution < 1.29 is 15.3 Å². The van der Waals surface area contributed by atoms with Crippen molar-refractivity contribution in [2.75, 3.05) is 13.1 Å². The van der Waals surface area contributed by atoms with Gasteiger partial charge in [0.05, 0.1) is 17.8 Å². The van der Waals surface area contributed by atoms with Crippen LogP contribution < -0.4 is 0 Å². The van der Waals surface area contributed by atoms with Crippen molar-refractivity contribution in [3.63, 3.8) is 0 Å². The van der Waals surface area contributed by atoms with Crippen molar-refractivity contribution in [3.05, 3.63) is 60.2 Å². The molecule has 8 aliphatic rings. The maximum atomic E-state index is 12.3. The maximum absolute atomic E-state index is 12.3. The molecule has 2 aliphatic heterocycles. The molecule has 0 amide bonds. The molecule has 2 bridgehead atoms. The second-order valence-electron chi connectivity index (χ2n) is 21.3. The molecule has 0 radical (unpaired) electrons. The zero-order chi connectivity index (χ0) is 35.9. The molecule has 2 spiro atoms. The summed E-state index contributed by atoms with van der Waals surface area (Å²) >= 11 is 0. The number of hydrogen-bond donors (Lipinski definition) is 3. The summed E-state index contributed by atoms with van der Waals surface area (Å²) in [5.74, 6) is 4.74. The van der Waals surface area contributed by atoms with Crippen LogP contribution in [0.5, 0.6) is 0 Å². The minimum absolute atomic E-state index is 0.0194. The van der Waals surface area contributed by atoms with Gasteiger partial charge in [-0.25, -0.2) is 0 Å². The Kier molecular flexibility index (Phi) is 7.77. The lowest BCUT2D eigenvalue weighted by Gasteiger charge is -2.68. The topological polar surface area (TPSA) is 63.9 Å². The van der Waals surface area contributed by atoms with Crippen molar-refractivity contribution in [3.8, 4) is 0 Å². The Morgan fingerprint density at radius 3 is 2.36 bits per heavy atom. The number of nitrogens with zero attached hydrogens (tertiary/aromatic N) is 1. The van der Waals surface area contributed by atoms with E-state index in [2.05, 4.69) is 73.3 Å². The van der Waals surface area contributed by atoms with Gasteiger partial charge in [0.25, 0.3) is 0 Å². The number of aryl methyl sites for hydroxylation is 1. The van der Waals surface area contributed by atoms with E-state index in [0.29, 0.717) is 41.5 Å². The van der Waals surface area contributed by atoms with Gasteiger partial charge in [-0.15, -0.1) is 0 Å². The second-order valence-corrected chi connectivity index (χ2v) is 21.3. The van der Waals surface area contributed by atoms with Gasteiger partial charge in [0.2, 0.25) is 0 Å². The number of fused-ring (bicyclic) bond motifs is 6. The predicted molar refractivity (Wildman–Crippen MR) is 213 cm³/mol. The minimum Gasteiger partial charge on any atom is -0.393 e. The molecule has 8 fully saturated rings. The predicted octanol–water partition coefficient (Wildman–Crippen LogP) is 9.55. The minimum atomic E-state index is -0.589. The van der Waals surface area contributed by atoms with Crippen LogP contribution in [-0.2, 0) is 6.42 Å². The fourth-order valence-corrected chi connectivity index (χ4v) is 17.2. The summed E-state index contributed by atoms with van der Waals surface area (Å²) in [4.78, 5) is 2.74. The lowest BCUT2D eigenvalue weighted by Crippen LogP contribution is -2.67. The van der Waals surface area contributed by atoms with Gasteiger partial charge in [0.1, 0.15) is 0 Å². The first-order valence-corrected chi connectivity index (χ1v) is 22.3. The van der Waals surface area contributed by atoms with Gasteiger partial charge in [-0.1, -0.05) is 55.8 Å². The highest BCUT2D eigenvalue weighted by atomic mass is 16.3. The lowest BCUT2D eigenvalue weighted by molar-refractivity contribution is -0.231. The Morgan fingerprint density at radius 1 is 0.736 bits per heavy atom. The summed E-state index contributed by atoms with van der Waals surface area (Å²) in [5.41, 5.74) is 1.32. The molecule has 15 unspecified atom stereocenters. The summed E-state index contributed by atoms with van der Waals surface area (Å²) < 4.78 is 0. The number of aliphatic hydroxyl groups is 3. The number of rotatable bonds is 3. The Morgan fingerprint density at radius 2 is 1.51 bits per heavy atom. The number of benzene rings is 3. The molecule has 284 valence electrons. The van der Waals surface area contributed by atoms with Crippen LogP contribution in [-0.4, -0.2) is 57.2 Å². The van der Waals surface area contributed by atoms with Crippen molar-refractivity contribution in [1.82, 2.24) is 4.90 Å². The molecule has 6 saturated carbocycles. The third kappa shape index (κ3) is 4.93. The fourth-order valence-electron chi connectivity index (χ4n) is 17.2. The summed E-state index contributed by atoms with van der Waals surface area (Å²) in [5, 5.41) is 42.0. The first-order chi connectivity index (χ1) is 25.6. The number of piperidine rings is 2. The summed E-state index contributed by atoms with van der Waals surface area (Å²) in [6.45, 7) is 6.98. The van der Waals surface area contributed by atoms with E-state index in [-0.39, 0.29) is 34.4 Å². The quantitative estimate of drug-likeness (QED) is 0.237. The van der Waals surface area contributed by atoms with Crippen LogP contribution >= 0.6 is 0 Å². The Hall–Kier alpha value is -1.98. The highest BCUT2D eigenvalue weighted by molar-refractivity contribution is 5.98. The summed E-state index contributed by atoms with van der Waals surface area (Å²) in [6, 6.07) is 20.8. The van der Waals surface area contributed by atoms with E-state index in [9.17, 15) is 15.3 Å². The molecular weight excluding hydrogens is 651 g/mol. The highest BCUT2D eigenvalue weighted by Gasteiger charge is 2.73. The van der Waals surface area contributed by atoms with E-state index in [1.807, 2.05) is 0 Å². The second kappa shape index (κ2) is 12.0. The zero-order valence-electron chi connectivity index (χ0n) is 32.6. The normalized spacial score (nSPS) is 49.0. The van der Waals surface area contributed by atoms with Gasteiger partial charge >= 0.3 is 0 Å². The summed E-state index contributed by atoms with van der Waals surface area (Å²) in [6.07, 6.45) is 18.4. The molecule has 3 aromatic rings. The molecular formula is C49H65NO3. The van der Waals surface area contributed by atoms with Crippen LogP contribution in [0.1, 0.15) is 116 Å². The van der Waals surface area contributed by atoms with Gasteiger partial charge in [0.15, 0.2) is 0 Å². The molecule has 3 N–H and O–H groups in total. The largest absolute Gasteiger partial charge is 0.393 e. The van der Waals surface area contributed by atoms with E-state index in [1.165, 1.54) is 104 Å². The molecule has 11 rings (SSSR count). The van der Waals surface area contributed by atoms with Crippen molar-refractivity contribution in [2.24, 2.45) is 63.6 Å². The Labute approximate surface area is 318 Å². The zero-order valence-corrected chi connectivity index (χ0v) is 32.6. The molecule has 2 heterocycles. The van der Waals surface area contributed by atoms with Crippen molar-refractivity contribution >= 4 is 21.5 Å². The SMILES string of the molecule is CC1CCC2N(C1)CC1C3CC4C56CCCC4(CC(O)C5CC(O)C4(CCC(CCc5ccc7cc8ccccc8cc7c5)C4)C6)C3CCC1C2(C)O. The first-order valence-electron chi connectivity index (χ1n) is 22.3. The van der Waals surface area contributed by atoms with Crippen LogP contribution in [0.2, 0.25) is 0 Å².